The van der Waals surface area contributed by atoms with Gasteiger partial charge in [-0.1, -0.05) is 378 Å². The zero-order valence-corrected chi connectivity index (χ0v) is 55.8. The first kappa shape index (κ1) is 80.3. The van der Waals surface area contributed by atoms with Crippen LogP contribution in [0.4, 0.5) is 0 Å². The highest BCUT2D eigenvalue weighted by molar-refractivity contribution is 5.76. The molecule has 0 heterocycles. The van der Waals surface area contributed by atoms with Gasteiger partial charge < -0.3 is 20.3 Å². The Kier molecular flexibility index (Phi) is 70.4. The molecule has 486 valence electrons. The number of carbonyl (C=O) groups is 2. The maximum atomic E-state index is 12.6. The minimum Gasteiger partial charge on any atom is -0.466 e. The first-order chi connectivity index (χ1) is 40.5. The van der Waals surface area contributed by atoms with Gasteiger partial charge in [0.1, 0.15) is 0 Å². The van der Waals surface area contributed by atoms with Crippen LogP contribution in [-0.4, -0.2) is 47.4 Å². The molecular weight excluding hydrogens is 1010 g/mol. The van der Waals surface area contributed by atoms with Gasteiger partial charge in [0.2, 0.25) is 5.91 Å². The lowest BCUT2D eigenvalue weighted by Gasteiger charge is -2.22. The Hall–Kier alpha value is -1.66. The van der Waals surface area contributed by atoms with Gasteiger partial charge in [-0.3, -0.25) is 9.59 Å². The van der Waals surface area contributed by atoms with E-state index in [1.807, 2.05) is 0 Å². The fourth-order valence-corrected chi connectivity index (χ4v) is 12.0. The molecule has 0 aromatic carbocycles. The lowest BCUT2D eigenvalue weighted by Crippen LogP contribution is -2.45. The predicted molar refractivity (Wildman–Crippen MR) is 361 cm³/mol. The molecule has 0 aliphatic rings. The second kappa shape index (κ2) is 71.8. The Labute approximate surface area is 513 Å². The molecule has 1 amide bonds. The summed E-state index contributed by atoms with van der Waals surface area (Å²) in [5, 5.41) is 23.4. The summed E-state index contributed by atoms with van der Waals surface area (Å²) in [6.45, 7) is 4.99. The first-order valence-corrected chi connectivity index (χ1v) is 37.6. The molecule has 6 heteroatoms. The van der Waals surface area contributed by atoms with Gasteiger partial charge in [-0.2, -0.15) is 0 Å². The Balaban J connectivity index is 3.39. The number of unbranched alkanes of at least 4 members (excludes halogenated alkanes) is 56. The van der Waals surface area contributed by atoms with Crippen LogP contribution in [-0.2, 0) is 14.3 Å². The lowest BCUT2D eigenvalue weighted by molar-refractivity contribution is -0.143. The van der Waals surface area contributed by atoms with Crippen LogP contribution >= 0.6 is 0 Å². The van der Waals surface area contributed by atoms with E-state index in [0.29, 0.717) is 25.9 Å². The van der Waals surface area contributed by atoms with Crippen molar-refractivity contribution >= 4 is 11.9 Å². The topological polar surface area (TPSA) is 95.9 Å². The van der Waals surface area contributed by atoms with E-state index in [4.69, 9.17) is 4.74 Å². The molecule has 0 aliphatic carbocycles. The molecule has 0 radical (unpaired) electrons. The largest absolute Gasteiger partial charge is 0.466 e. The molecule has 3 N–H and O–H groups in total. The minimum absolute atomic E-state index is 0.0147. The van der Waals surface area contributed by atoms with Crippen molar-refractivity contribution in [2.75, 3.05) is 13.2 Å². The zero-order valence-electron chi connectivity index (χ0n) is 55.8. The molecule has 0 saturated heterocycles. The highest BCUT2D eigenvalue weighted by Crippen LogP contribution is 2.19. The average molecular weight is 1160 g/mol. The van der Waals surface area contributed by atoms with E-state index >= 15 is 0 Å². The summed E-state index contributed by atoms with van der Waals surface area (Å²) in [6.07, 6.45) is 91.0. The van der Waals surface area contributed by atoms with Crippen molar-refractivity contribution in [2.45, 2.75) is 437 Å². The predicted octanol–water partition coefficient (Wildman–Crippen LogP) is 24.5. The van der Waals surface area contributed by atoms with Crippen molar-refractivity contribution < 1.29 is 24.5 Å². The molecule has 0 aromatic rings. The molecule has 0 spiro atoms. The SMILES string of the molecule is CCCCCCCCCCCCCCCCCCCCCCCCC(O)C(CO)NC(=O)CCCCCCCCCCCCCCCCC/C=C\C/C=C\CCCCCCCCCCCOC(=O)CCCCCCCCCCCCCC. The van der Waals surface area contributed by atoms with Crippen molar-refractivity contribution in [3.8, 4) is 0 Å². The van der Waals surface area contributed by atoms with E-state index in [1.54, 1.807) is 0 Å². The summed E-state index contributed by atoms with van der Waals surface area (Å²) >= 11 is 0. The molecule has 6 nitrogen and oxygen atoms in total. The summed E-state index contributed by atoms with van der Waals surface area (Å²) in [6, 6.07) is -0.542. The Morgan fingerprint density at radius 1 is 0.341 bits per heavy atom. The smallest absolute Gasteiger partial charge is 0.305 e. The second-order valence-electron chi connectivity index (χ2n) is 26.0. The monoisotopic (exact) mass is 1150 g/mol. The number of nitrogens with one attached hydrogen (secondary N) is 1. The number of hydrogen-bond donors (Lipinski definition) is 3. The first-order valence-electron chi connectivity index (χ1n) is 37.6. The van der Waals surface area contributed by atoms with Crippen LogP contribution in [0.2, 0.25) is 0 Å². The van der Waals surface area contributed by atoms with Crippen LogP contribution in [0.25, 0.3) is 0 Å². The molecule has 0 saturated carbocycles. The third-order valence-corrected chi connectivity index (χ3v) is 17.8. The van der Waals surface area contributed by atoms with Crippen LogP contribution in [0, 0.1) is 0 Å². The number of rotatable bonds is 71. The van der Waals surface area contributed by atoms with Gasteiger partial charge in [0.15, 0.2) is 0 Å². The molecule has 2 unspecified atom stereocenters. The second-order valence-corrected chi connectivity index (χ2v) is 26.0. The van der Waals surface area contributed by atoms with Crippen LogP contribution in [0.1, 0.15) is 425 Å². The van der Waals surface area contributed by atoms with E-state index < -0.39 is 12.1 Å². The third-order valence-electron chi connectivity index (χ3n) is 17.8. The van der Waals surface area contributed by atoms with Crippen molar-refractivity contribution in [3.05, 3.63) is 24.3 Å². The van der Waals surface area contributed by atoms with E-state index in [2.05, 4.69) is 43.5 Å². The molecule has 0 aliphatic heterocycles. The molecule has 2 atom stereocenters. The molecule has 0 aromatic heterocycles. The molecular formula is C76H147NO5. The van der Waals surface area contributed by atoms with Crippen LogP contribution in [0.5, 0.6) is 0 Å². The Morgan fingerprint density at radius 3 is 0.927 bits per heavy atom. The maximum absolute atomic E-state index is 12.6. The van der Waals surface area contributed by atoms with Gasteiger partial charge in [0.25, 0.3) is 0 Å². The number of aliphatic hydroxyl groups is 2. The summed E-state index contributed by atoms with van der Waals surface area (Å²) in [4.78, 5) is 24.6. The quantitative estimate of drug-likeness (QED) is 0.0320. The van der Waals surface area contributed by atoms with Gasteiger partial charge in [-0.25, -0.2) is 0 Å². The van der Waals surface area contributed by atoms with Crippen LogP contribution in [0.3, 0.4) is 0 Å². The number of aliphatic hydroxyl groups excluding tert-OH is 2. The van der Waals surface area contributed by atoms with Gasteiger partial charge in [-0.15, -0.1) is 0 Å². The summed E-state index contributed by atoms with van der Waals surface area (Å²) < 4.78 is 5.48. The number of hydrogen-bond acceptors (Lipinski definition) is 5. The highest BCUT2D eigenvalue weighted by Gasteiger charge is 2.20. The molecule has 0 rings (SSSR count). The maximum Gasteiger partial charge on any atom is 0.305 e. The average Bonchev–Trinajstić information content (AvgIpc) is 3.48. The highest BCUT2D eigenvalue weighted by atomic mass is 16.5. The molecule has 0 bridgehead atoms. The van der Waals surface area contributed by atoms with Crippen molar-refractivity contribution in [1.82, 2.24) is 5.32 Å². The van der Waals surface area contributed by atoms with E-state index in [9.17, 15) is 19.8 Å². The molecule has 82 heavy (non-hydrogen) atoms. The van der Waals surface area contributed by atoms with Gasteiger partial charge >= 0.3 is 5.97 Å². The summed E-state index contributed by atoms with van der Waals surface area (Å²) in [5.41, 5.74) is 0. The number of esters is 1. The normalized spacial score (nSPS) is 12.6. The number of amides is 1. The van der Waals surface area contributed by atoms with Crippen LogP contribution < -0.4 is 5.32 Å². The molecule has 0 fully saturated rings. The van der Waals surface area contributed by atoms with E-state index in [-0.39, 0.29) is 18.5 Å². The zero-order chi connectivity index (χ0) is 59.2. The van der Waals surface area contributed by atoms with Crippen LogP contribution in [0.15, 0.2) is 24.3 Å². The van der Waals surface area contributed by atoms with E-state index in [0.717, 1.165) is 44.9 Å². The van der Waals surface area contributed by atoms with Gasteiger partial charge in [0, 0.05) is 12.8 Å². The van der Waals surface area contributed by atoms with Gasteiger partial charge in [0.05, 0.1) is 25.4 Å². The van der Waals surface area contributed by atoms with Crippen molar-refractivity contribution in [3.63, 3.8) is 0 Å². The Morgan fingerprint density at radius 2 is 0.610 bits per heavy atom. The fourth-order valence-electron chi connectivity index (χ4n) is 12.0. The number of carbonyl (C=O) groups excluding carboxylic acids is 2. The van der Waals surface area contributed by atoms with Gasteiger partial charge in [-0.05, 0) is 57.8 Å². The number of allylic oxidation sites excluding steroid dienone is 4. The summed E-state index contributed by atoms with van der Waals surface area (Å²) in [5.74, 6) is -0.0146. The fraction of sp³-hybridized carbons (Fsp3) is 0.921. The Bertz CT molecular complexity index is 1280. The van der Waals surface area contributed by atoms with Crippen molar-refractivity contribution in [2.24, 2.45) is 0 Å². The summed E-state index contributed by atoms with van der Waals surface area (Å²) in [7, 11) is 0. The standard InChI is InChI=1S/C76H147NO5/c1-3-5-7-9-11-13-15-17-18-19-20-21-33-36-39-42-45-48-52-56-60-64-68-74(79)73(72-78)77-75(80)69-65-61-57-53-49-46-43-40-37-34-31-29-27-25-23-22-24-26-28-30-32-35-38-41-44-47-51-55-59-63-67-71-82-76(81)70-66-62-58-54-50-16-14-12-10-8-6-4-2/h24,26,30,32,73-74,78-79H,3-23,25,27-29,31,33-72H2,1-2H3,(H,77,80)/b26-24-,32-30-. The lowest BCUT2D eigenvalue weighted by atomic mass is 10.0. The van der Waals surface area contributed by atoms with E-state index in [1.165, 1.54) is 347 Å². The minimum atomic E-state index is -0.665. The number of ether oxygens (including phenoxy) is 1. The third kappa shape index (κ3) is 67.5. The van der Waals surface area contributed by atoms with Crippen molar-refractivity contribution in [1.29, 1.82) is 0 Å².